The Morgan fingerprint density at radius 2 is 1.62 bits per heavy atom. The first-order chi connectivity index (χ1) is 7.68. The lowest BCUT2D eigenvalue weighted by atomic mass is 10.2. The van der Waals surface area contributed by atoms with Gasteiger partial charge >= 0.3 is 0 Å². The number of halogens is 1. The SMILES string of the molecule is Nc1ccc(Br)c(Oc2ccccc2)c1N. The Kier molecular flexibility index (Phi) is 3.01. The highest BCUT2D eigenvalue weighted by Crippen LogP contribution is 2.38. The summed E-state index contributed by atoms with van der Waals surface area (Å²) in [7, 11) is 0. The fourth-order valence-electron chi connectivity index (χ4n) is 1.30. The van der Waals surface area contributed by atoms with Crippen LogP contribution in [0, 0.1) is 0 Å². The maximum atomic E-state index is 5.85. The highest BCUT2D eigenvalue weighted by atomic mass is 79.9. The van der Waals surface area contributed by atoms with E-state index in [2.05, 4.69) is 15.9 Å². The number of hydrogen-bond acceptors (Lipinski definition) is 3. The largest absolute Gasteiger partial charge is 0.454 e. The lowest BCUT2D eigenvalue weighted by Crippen LogP contribution is -1.98. The molecule has 0 radical (unpaired) electrons. The Labute approximate surface area is 102 Å². The Balaban J connectivity index is 2.38. The van der Waals surface area contributed by atoms with Crippen molar-refractivity contribution in [3.05, 3.63) is 46.9 Å². The second-order valence-corrected chi connectivity index (χ2v) is 4.15. The summed E-state index contributed by atoms with van der Waals surface area (Å²) in [6.07, 6.45) is 0. The molecule has 0 aliphatic rings. The van der Waals surface area contributed by atoms with E-state index < -0.39 is 0 Å². The van der Waals surface area contributed by atoms with E-state index in [0.717, 1.165) is 10.2 Å². The summed E-state index contributed by atoms with van der Waals surface area (Å²) in [6, 6.07) is 13.0. The third kappa shape index (κ3) is 2.12. The Hall–Kier alpha value is -1.68. The van der Waals surface area contributed by atoms with Crippen LogP contribution >= 0.6 is 15.9 Å². The molecule has 0 aliphatic heterocycles. The van der Waals surface area contributed by atoms with Gasteiger partial charge in [0.1, 0.15) is 5.75 Å². The molecule has 4 heteroatoms. The van der Waals surface area contributed by atoms with Crippen LogP contribution in [-0.4, -0.2) is 0 Å². The first-order valence-electron chi connectivity index (χ1n) is 4.75. The van der Waals surface area contributed by atoms with E-state index in [1.54, 1.807) is 6.07 Å². The molecule has 0 saturated heterocycles. The van der Waals surface area contributed by atoms with Crippen molar-refractivity contribution < 1.29 is 4.74 Å². The van der Waals surface area contributed by atoms with Gasteiger partial charge < -0.3 is 16.2 Å². The molecule has 82 valence electrons. The van der Waals surface area contributed by atoms with Crippen molar-refractivity contribution in [3.63, 3.8) is 0 Å². The number of rotatable bonds is 2. The number of nitrogen functional groups attached to an aromatic ring is 2. The van der Waals surface area contributed by atoms with Gasteiger partial charge in [-0.2, -0.15) is 0 Å². The second-order valence-electron chi connectivity index (χ2n) is 3.29. The van der Waals surface area contributed by atoms with Crippen LogP contribution in [0.3, 0.4) is 0 Å². The first-order valence-corrected chi connectivity index (χ1v) is 5.54. The Morgan fingerprint density at radius 3 is 2.31 bits per heavy atom. The van der Waals surface area contributed by atoms with Crippen molar-refractivity contribution in [2.75, 3.05) is 11.5 Å². The summed E-state index contributed by atoms with van der Waals surface area (Å²) in [5.41, 5.74) is 12.5. The predicted molar refractivity (Wildman–Crippen MR) is 69.5 cm³/mol. The van der Waals surface area contributed by atoms with Crippen molar-refractivity contribution in [1.29, 1.82) is 0 Å². The third-order valence-corrected chi connectivity index (χ3v) is 2.77. The molecule has 0 bridgehead atoms. The van der Waals surface area contributed by atoms with E-state index in [1.165, 1.54) is 0 Å². The van der Waals surface area contributed by atoms with Crippen LogP contribution in [0.25, 0.3) is 0 Å². The molecule has 0 aromatic heterocycles. The molecule has 0 spiro atoms. The minimum atomic E-state index is 0.443. The fraction of sp³-hybridized carbons (Fsp3) is 0. The smallest absolute Gasteiger partial charge is 0.166 e. The molecular weight excluding hydrogens is 268 g/mol. The van der Waals surface area contributed by atoms with Gasteiger partial charge in [-0.05, 0) is 40.2 Å². The van der Waals surface area contributed by atoms with Crippen LogP contribution in [0.2, 0.25) is 0 Å². The van der Waals surface area contributed by atoms with Gasteiger partial charge in [-0.15, -0.1) is 0 Å². The fourth-order valence-corrected chi connectivity index (χ4v) is 1.72. The summed E-state index contributed by atoms with van der Waals surface area (Å²) < 4.78 is 6.45. The highest BCUT2D eigenvalue weighted by Gasteiger charge is 2.09. The summed E-state index contributed by atoms with van der Waals surface area (Å²) >= 11 is 3.38. The molecule has 2 aromatic rings. The standard InChI is InChI=1S/C12H11BrN2O/c13-9-6-7-10(14)11(15)12(9)16-8-4-2-1-3-5-8/h1-7H,14-15H2. The minimum absolute atomic E-state index is 0.443. The molecule has 0 unspecified atom stereocenters. The van der Waals surface area contributed by atoms with E-state index in [0.29, 0.717) is 17.1 Å². The molecule has 0 aliphatic carbocycles. The summed E-state index contributed by atoms with van der Waals surface area (Å²) in [6.45, 7) is 0. The highest BCUT2D eigenvalue weighted by molar-refractivity contribution is 9.10. The zero-order valence-corrected chi connectivity index (χ0v) is 10.1. The summed E-state index contributed by atoms with van der Waals surface area (Å²) in [5.74, 6) is 1.27. The molecule has 0 heterocycles. The van der Waals surface area contributed by atoms with E-state index in [1.807, 2.05) is 36.4 Å². The summed E-state index contributed by atoms with van der Waals surface area (Å²) in [4.78, 5) is 0. The minimum Gasteiger partial charge on any atom is -0.454 e. The van der Waals surface area contributed by atoms with Crippen LogP contribution in [0.5, 0.6) is 11.5 Å². The monoisotopic (exact) mass is 278 g/mol. The summed E-state index contributed by atoms with van der Waals surface area (Å²) in [5, 5.41) is 0. The molecule has 0 saturated carbocycles. The number of ether oxygens (including phenoxy) is 1. The quantitative estimate of drug-likeness (QED) is 0.828. The molecule has 0 atom stereocenters. The van der Waals surface area contributed by atoms with E-state index in [4.69, 9.17) is 16.2 Å². The maximum absolute atomic E-state index is 5.85. The number of para-hydroxylation sites is 1. The van der Waals surface area contributed by atoms with Gasteiger partial charge in [-0.1, -0.05) is 18.2 Å². The van der Waals surface area contributed by atoms with Gasteiger partial charge in [-0.25, -0.2) is 0 Å². The Morgan fingerprint density at radius 1 is 0.938 bits per heavy atom. The number of nitrogens with two attached hydrogens (primary N) is 2. The zero-order chi connectivity index (χ0) is 11.5. The van der Waals surface area contributed by atoms with Gasteiger partial charge in [0.05, 0.1) is 15.8 Å². The third-order valence-electron chi connectivity index (χ3n) is 2.14. The predicted octanol–water partition coefficient (Wildman–Crippen LogP) is 3.41. The lowest BCUT2D eigenvalue weighted by Gasteiger charge is -2.11. The number of anilines is 2. The molecule has 0 amide bonds. The van der Waals surface area contributed by atoms with Crippen molar-refractivity contribution in [1.82, 2.24) is 0 Å². The average molecular weight is 279 g/mol. The normalized spacial score (nSPS) is 10.1. The van der Waals surface area contributed by atoms with E-state index in [-0.39, 0.29) is 0 Å². The van der Waals surface area contributed by atoms with Crippen molar-refractivity contribution >= 4 is 27.3 Å². The zero-order valence-electron chi connectivity index (χ0n) is 8.48. The van der Waals surface area contributed by atoms with Crippen LogP contribution in [0.1, 0.15) is 0 Å². The molecule has 0 fully saturated rings. The van der Waals surface area contributed by atoms with E-state index >= 15 is 0 Å². The topological polar surface area (TPSA) is 61.3 Å². The van der Waals surface area contributed by atoms with Gasteiger partial charge in [0.2, 0.25) is 0 Å². The van der Waals surface area contributed by atoms with Crippen molar-refractivity contribution in [2.45, 2.75) is 0 Å². The van der Waals surface area contributed by atoms with Crippen molar-refractivity contribution in [2.24, 2.45) is 0 Å². The van der Waals surface area contributed by atoms with Crippen LogP contribution in [0.15, 0.2) is 46.9 Å². The molecule has 2 aromatic carbocycles. The molecule has 3 nitrogen and oxygen atoms in total. The molecule has 4 N–H and O–H groups in total. The van der Waals surface area contributed by atoms with Crippen molar-refractivity contribution in [3.8, 4) is 11.5 Å². The van der Waals surface area contributed by atoms with E-state index in [9.17, 15) is 0 Å². The lowest BCUT2D eigenvalue weighted by molar-refractivity contribution is 0.482. The van der Waals surface area contributed by atoms with Crippen LogP contribution in [-0.2, 0) is 0 Å². The maximum Gasteiger partial charge on any atom is 0.166 e. The molecular formula is C12H11BrN2O. The van der Waals surface area contributed by atoms with Crippen LogP contribution in [0.4, 0.5) is 11.4 Å². The number of hydrogen-bond donors (Lipinski definition) is 2. The Bertz CT molecular complexity index is 500. The molecule has 16 heavy (non-hydrogen) atoms. The first kappa shape index (κ1) is 10.8. The second kappa shape index (κ2) is 4.45. The molecule has 2 rings (SSSR count). The van der Waals surface area contributed by atoms with Gasteiger partial charge in [0.25, 0.3) is 0 Å². The number of benzene rings is 2. The van der Waals surface area contributed by atoms with Gasteiger partial charge in [0, 0.05) is 0 Å². The van der Waals surface area contributed by atoms with Gasteiger partial charge in [-0.3, -0.25) is 0 Å². The average Bonchev–Trinajstić information content (AvgIpc) is 2.31. The van der Waals surface area contributed by atoms with Crippen LogP contribution < -0.4 is 16.2 Å². The van der Waals surface area contributed by atoms with Gasteiger partial charge in [0.15, 0.2) is 5.75 Å².